The maximum Gasteiger partial charge on any atom is 0.396 e. The third-order valence-corrected chi connectivity index (χ3v) is 7.22. The zero-order valence-electron chi connectivity index (χ0n) is 17.7. The van der Waals surface area contributed by atoms with E-state index in [4.69, 9.17) is 9.15 Å². The van der Waals surface area contributed by atoms with Gasteiger partial charge in [-0.25, -0.2) is 4.39 Å². The van der Waals surface area contributed by atoms with Crippen LogP contribution in [0.1, 0.15) is 48.4 Å². The van der Waals surface area contributed by atoms with Crippen LogP contribution in [0.2, 0.25) is 0 Å². The molecular formula is C23H23F4N3O3. The van der Waals surface area contributed by atoms with Crippen molar-refractivity contribution < 1.29 is 31.5 Å². The molecule has 176 valence electrons. The first-order valence-electron chi connectivity index (χ1n) is 11.3. The molecule has 4 unspecified atom stereocenters. The van der Waals surface area contributed by atoms with E-state index in [-0.39, 0.29) is 29.6 Å². The lowest BCUT2D eigenvalue weighted by Crippen LogP contribution is -2.23. The third kappa shape index (κ3) is 4.15. The van der Waals surface area contributed by atoms with Gasteiger partial charge in [-0.05, 0) is 62.0 Å². The van der Waals surface area contributed by atoms with E-state index < -0.39 is 35.8 Å². The third-order valence-electron chi connectivity index (χ3n) is 7.22. The predicted octanol–water partition coefficient (Wildman–Crippen LogP) is 4.95. The normalized spacial score (nSPS) is 29.6. The highest BCUT2D eigenvalue weighted by molar-refractivity contribution is 6.03. The molecule has 1 amide bonds. The zero-order chi connectivity index (χ0) is 22.9. The standard InChI is InChI=1S/C23H23F4N3O3/c24-16-9-14(1-2-18(16)32-15-6-12-5-13(12)7-15)28-21(31)20-19(10-23(25,26)27)33-22(29-20)30-4-3-11-8-17(11)30/h1-2,9,11-13,15,17H,3-8,10H2,(H,28,31)/t11?,12-,13?,15?,17?/m0/s1. The Hall–Kier alpha value is -2.78. The Bertz CT molecular complexity index is 1090. The van der Waals surface area contributed by atoms with Crippen LogP contribution >= 0.6 is 0 Å². The first-order chi connectivity index (χ1) is 15.7. The summed E-state index contributed by atoms with van der Waals surface area (Å²) in [5.74, 6) is -0.0455. The summed E-state index contributed by atoms with van der Waals surface area (Å²) in [7, 11) is 0. The molecule has 1 aromatic heterocycles. The molecule has 1 N–H and O–H groups in total. The molecule has 33 heavy (non-hydrogen) atoms. The Labute approximate surface area is 187 Å². The number of fused-ring (bicyclic) bond motifs is 2. The number of benzene rings is 1. The maximum absolute atomic E-state index is 14.6. The van der Waals surface area contributed by atoms with Crippen molar-refractivity contribution in [2.45, 2.75) is 56.8 Å². The number of oxazole rings is 1. The van der Waals surface area contributed by atoms with E-state index in [1.54, 1.807) is 0 Å². The fourth-order valence-electron chi connectivity index (χ4n) is 5.37. The average Bonchev–Trinajstić information content (AvgIpc) is 3.50. The maximum atomic E-state index is 14.6. The SMILES string of the molecule is O=C(Nc1ccc(OC2CC3C[C@H]3C2)c(F)c1)c1nc(N2CCC3CC32)oc1CC(F)(F)F. The van der Waals surface area contributed by atoms with Gasteiger partial charge in [0.1, 0.15) is 12.2 Å². The van der Waals surface area contributed by atoms with Crippen LogP contribution in [-0.2, 0) is 6.42 Å². The number of piperidine rings is 1. The number of hydrogen-bond acceptors (Lipinski definition) is 5. The number of amides is 1. The number of alkyl halides is 3. The number of ether oxygens (including phenoxy) is 1. The number of hydrogen-bond donors (Lipinski definition) is 1. The molecule has 10 heteroatoms. The van der Waals surface area contributed by atoms with E-state index in [9.17, 15) is 22.4 Å². The summed E-state index contributed by atoms with van der Waals surface area (Å²) < 4.78 is 64.9. The summed E-state index contributed by atoms with van der Waals surface area (Å²) in [6.45, 7) is 0.636. The van der Waals surface area contributed by atoms with Crippen molar-refractivity contribution in [1.82, 2.24) is 4.98 Å². The Morgan fingerprint density at radius 1 is 1.18 bits per heavy atom. The van der Waals surface area contributed by atoms with Gasteiger partial charge in [0, 0.05) is 24.3 Å². The van der Waals surface area contributed by atoms with Crippen LogP contribution in [-0.4, -0.2) is 35.8 Å². The summed E-state index contributed by atoms with van der Waals surface area (Å²) in [6, 6.07) is 4.24. The van der Waals surface area contributed by atoms with Crippen molar-refractivity contribution in [3.05, 3.63) is 35.5 Å². The highest BCUT2D eigenvalue weighted by Crippen LogP contribution is 2.52. The van der Waals surface area contributed by atoms with E-state index in [0.717, 1.165) is 31.7 Å². The van der Waals surface area contributed by atoms with E-state index in [1.165, 1.54) is 18.6 Å². The van der Waals surface area contributed by atoms with Crippen molar-refractivity contribution in [2.24, 2.45) is 17.8 Å². The van der Waals surface area contributed by atoms with Gasteiger partial charge in [-0.1, -0.05) is 0 Å². The van der Waals surface area contributed by atoms with Gasteiger partial charge < -0.3 is 19.4 Å². The number of carbonyl (C=O) groups excluding carboxylic acids is 1. The zero-order valence-corrected chi connectivity index (χ0v) is 17.7. The smallest absolute Gasteiger partial charge is 0.396 e. The van der Waals surface area contributed by atoms with Gasteiger partial charge >= 0.3 is 6.18 Å². The second-order valence-corrected chi connectivity index (χ2v) is 9.67. The highest BCUT2D eigenvalue weighted by atomic mass is 19.4. The van der Waals surface area contributed by atoms with Crippen LogP contribution in [0.25, 0.3) is 0 Å². The van der Waals surface area contributed by atoms with Gasteiger partial charge in [0.05, 0.1) is 6.10 Å². The number of halogens is 4. The molecular weight excluding hydrogens is 442 g/mol. The molecule has 6 rings (SSSR count). The van der Waals surface area contributed by atoms with Crippen LogP contribution in [0, 0.1) is 23.6 Å². The fraction of sp³-hybridized carbons (Fsp3) is 0.565. The number of nitrogens with one attached hydrogen (secondary N) is 1. The van der Waals surface area contributed by atoms with Crippen LogP contribution in [0.5, 0.6) is 5.75 Å². The summed E-state index contributed by atoms with van der Waals surface area (Å²) in [5.41, 5.74) is -0.331. The largest absolute Gasteiger partial charge is 0.487 e. The van der Waals surface area contributed by atoms with Crippen LogP contribution in [0.15, 0.2) is 22.6 Å². The molecule has 4 aliphatic rings. The molecule has 0 radical (unpaired) electrons. The number of aromatic nitrogens is 1. The van der Waals surface area contributed by atoms with Crippen molar-refractivity contribution in [2.75, 3.05) is 16.8 Å². The number of anilines is 2. The Morgan fingerprint density at radius 2 is 1.97 bits per heavy atom. The summed E-state index contributed by atoms with van der Waals surface area (Å²) in [4.78, 5) is 18.7. The second kappa shape index (κ2) is 7.36. The molecule has 5 atom stereocenters. The molecule has 0 bridgehead atoms. The summed E-state index contributed by atoms with van der Waals surface area (Å²) in [6.07, 6.45) is -1.01. The minimum Gasteiger partial charge on any atom is -0.487 e. The fourth-order valence-corrected chi connectivity index (χ4v) is 5.37. The van der Waals surface area contributed by atoms with E-state index in [1.807, 2.05) is 4.90 Å². The molecule has 3 saturated carbocycles. The van der Waals surface area contributed by atoms with Crippen molar-refractivity contribution in [1.29, 1.82) is 0 Å². The number of nitrogens with zero attached hydrogens (tertiary/aromatic N) is 2. The lowest BCUT2D eigenvalue weighted by atomic mass is 10.2. The topological polar surface area (TPSA) is 67.6 Å². The van der Waals surface area contributed by atoms with Gasteiger partial charge in [0.15, 0.2) is 17.3 Å². The molecule has 1 saturated heterocycles. The van der Waals surface area contributed by atoms with E-state index in [0.29, 0.717) is 24.3 Å². The van der Waals surface area contributed by atoms with Crippen molar-refractivity contribution in [3.8, 4) is 5.75 Å². The Kier molecular flexibility index (Phi) is 4.64. The minimum atomic E-state index is -4.56. The van der Waals surface area contributed by atoms with Crippen molar-refractivity contribution >= 4 is 17.6 Å². The van der Waals surface area contributed by atoms with Gasteiger partial charge in [0.25, 0.3) is 11.9 Å². The molecule has 6 nitrogen and oxygen atoms in total. The Morgan fingerprint density at radius 3 is 2.61 bits per heavy atom. The summed E-state index contributed by atoms with van der Waals surface area (Å²) >= 11 is 0. The van der Waals surface area contributed by atoms with Gasteiger partial charge in [0.2, 0.25) is 0 Å². The van der Waals surface area contributed by atoms with Crippen molar-refractivity contribution in [3.63, 3.8) is 0 Å². The monoisotopic (exact) mass is 465 g/mol. The molecule has 0 spiro atoms. The molecule has 3 aliphatic carbocycles. The quantitative estimate of drug-likeness (QED) is 0.612. The first kappa shape index (κ1) is 20.8. The van der Waals surface area contributed by atoms with Gasteiger partial charge in [-0.2, -0.15) is 18.2 Å². The van der Waals surface area contributed by atoms with Gasteiger partial charge in [-0.3, -0.25) is 4.79 Å². The molecule has 2 heterocycles. The molecule has 1 aromatic carbocycles. The lowest BCUT2D eigenvalue weighted by molar-refractivity contribution is -0.130. The predicted molar refractivity (Wildman–Crippen MR) is 110 cm³/mol. The van der Waals surface area contributed by atoms with E-state index in [2.05, 4.69) is 10.3 Å². The summed E-state index contributed by atoms with van der Waals surface area (Å²) in [5, 5.41) is 2.44. The van der Waals surface area contributed by atoms with Crippen LogP contribution in [0.3, 0.4) is 0 Å². The number of carbonyl (C=O) groups is 1. The molecule has 4 fully saturated rings. The highest BCUT2D eigenvalue weighted by Gasteiger charge is 2.49. The minimum absolute atomic E-state index is 0.00109. The Balaban J connectivity index is 1.18. The lowest BCUT2D eigenvalue weighted by Gasteiger charge is -2.16. The average molecular weight is 465 g/mol. The molecule has 1 aliphatic heterocycles. The van der Waals surface area contributed by atoms with Crippen LogP contribution < -0.4 is 15.0 Å². The molecule has 2 aromatic rings. The van der Waals surface area contributed by atoms with Crippen LogP contribution in [0.4, 0.5) is 29.3 Å². The van der Waals surface area contributed by atoms with E-state index >= 15 is 0 Å². The number of rotatable bonds is 6. The second-order valence-electron chi connectivity index (χ2n) is 9.67. The van der Waals surface area contributed by atoms with Gasteiger partial charge in [-0.15, -0.1) is 0 Å². The first-order valence-corrected chi connectivity index (χ1v) is 11.3.